The number of nitrogens with zero attached hydrogens (tertiary/aromatic N) is 1. The van der Waals surface area contributed by atoms with Crippen molar-refractivity contribution in [1.82, 2.24) is 0 Å². The van der Waals surface area contributed by atoms with E-state index in [2.05, 4.69) is 0 Å². The largest absolute Gasteiger partial charge is 0.500 e. The topological polar surface area (TPSA) is 29.5 Å². The standard InChI is InChI=1S/C13H13NO2S3/c1-3-16-8-11-12(15)14(13(17)19-11)9-5-4-6-10(7-9)18-2/h4-8H,3H2,1-2H3/b11-8-. The lowest BCUT2D eigenvalue weighted by atomic mass is 10.3. The maximum absolute atomic E-state index is 12.3. The second kappa shape index (κ2) is 6.45. The van der Waals surface area contributed by atoms with Crippen LogP contribution in [0, 0.1) is 0 Å². The van der Waals surface area contributed by atoms with Crippen molar-refractivity contribution in [2.75, 3.05) is 17.8 Å². The highest BCUT2D eigenvalue weighted by Gasteiger charge is 2.33. The minimum atomic E-state index is -0.123. The van der Waals surface area contributed by atoms with Gasteiger partial charge in [0, 0.05) is 4.90 Å². The number of hydrogen-bond donors (Lipinski definition) is 0. The van der Waals surface area contributed by atoms with Crippen molar-refractivity contribution < 1.29 is 9.53 Å². The van der Waals surface area contributed by atoms with Gasteiger partial charge in [0.05, 0.1) is 12.3 Å². The van der Waals surface area contributed by atoms with Gasteiger partial charge >= 0.3 is 0 Å². The Labute approximate surface area is 126 Å². The zero-order valence-electron chi connectivity index (χ0n) is 10.6. The second-order valence-electron chi connectivity index (χ2n) is 3.65. The van der Waals surface area contributed by atoms with E-state index in [1.54, 1.807) is 16.7 Å². The molecule has 1 fully saturated rings. The van der Waals surface area contributed by atoms with Gasteiger partial charge < -0.3 is 4.74 Å². The van der Waals surface area contributed by atoms with Gasteiger partial charge in [-0.2, -0.15) is 0 Å². The Morgan fingerprint density at radius 2 is 2.32 bits per heavy atom. The van der Waals surface area contributed by atoms with Crippen LogP contribution in [0.5, 0.6) is 0 Å². The van der Waals surface area contributed by atoms with Gasteiger partial charge in [-0.05, 0) is 31.4 Å². The SMILES string of the molecule is CCO/C=C1\SC(=S)N(c2cccc(SC)c2)C1=O. The zero-order valence-corrected chi connectivity index (χ0v) is 13.0. The Morgan fingerprint density at radius 1 is 1.53 bits per heavy atom. The third-order valence-corrected chi connectivity index (χ3v) is 4.47. The van der Waals surface area contributed by atoms with Gasteiger partial charge in [0.25, 0.3) is 5.91 Å². The van der Waals surface area contributed by atoms with E-state index in [4.69, 9.17) is 17.0 Å². The smallest absolute Gasteiger partial charge is 0.273 e. The van der Waals surface area contributed by atoms with Crippen LogP contribution in [0.3, 0.4) is 0 Å². The van der Waals surface area contributed by atoms with Gasteiger partial charge in [0.1, 0.15) is 11.2 Å². The molecule has 1 aromatic rings. The summed E-state index contributed by atoms with van der Waals surface area (Å²) >= 11 is 8.17. The molecule has 0 aliphatic carbocycles. The molecule has 0 atom stereocenters. The molecule has 100 valence electrons. The van der Waals surface area contributed by atoms with Crippen molar-refractivity contribution in [3.8, 4) is 0 Å². The molecule has 0 aromatic heterocycles. The summed E-state index contributed by atoms with van der Waals surface area (Å²) in [6.07, 6.45) is 3.48. The lowest BCUT2D eigenvalue weighted by Crippen LogP contribution is -2.27. The van der Waals surface area contributed by atoms with Crippen molar-refractivity contribution in [3.63, 3.8) is 0 Å². The minimum absolute atomic E-state index is 0.123. The number of carbonyl (C=O) groups is 1. The third-order valence-electron chi connectivity index (χ3n) is 2.46. The molecule has 1 saturated heterocycles. The summed E-state index contributed by atoms with van der Waals surface area (Å²) in [6.45, 7) is 2.41. The summed E-state index contributed by atoms with van der Waals surface area (Å²) in [5.41, 5.74) is 0.800. The molecule has 19 heavy (non-hydrogen) atoms. The molecule has 1 aromatic carbocycles. The number of amides is 1. The molecular formula is C13H13NO2S3. The highest BCUT2D eigenvalue weighted by atomic mass is 32.2. The van der Waals surface area contributed by atoms with E-state index in [9.17, 15) is 4.79 Å². The van der Waals surface area contributed by atoms with Crippen molar-refractivity contribution >= 4 is 51.7 Å². The summed E-state index contributed by atoms with van der Waals surface area (Å²) < 4.78 is 5.71. The number of benzene rings is 1. The molecule has 0 N–H and O–H groups in total. The summed E-state index contributed by atoms with van der Waals surface area (Å²) in [5.74, 6) is -0.123. The summed E-state index contributed by atoms with van der Waals surface area (Å²) in [7, 11) is 0. The predicted molar refractivity (Wildman–Crippen MR) is 85.6 cm³/mol. The predicted octanol–water partition coefficient (Wildman–Crippen LogP) is 3.65. The van der Waals surface area contributed by atoms with Crippen molar-refractivity contribution in [2.45, 2.75) is 11.8 Å². The lowest BCUT2D eigenvalue weighted by molar-refractivity contribution is -0.113. The van der Waals surface area contributed by atoms with Crippen molar-refractivity contribution in [3.05, 3.63) is 35.4 Å². The van der Waals surface area contributed by atoms with E-state index in [1.807, 2.05) is 37.4 Å². The molecule has 1 heterocycles. The maximum Gasteiger partial charge on any atom is 0.273 e. The van der Waals surface area contributed by atoms with E-state index < -0.39 is 0 Å². The maximum atomic E-state index is 12.3. The van der Waals surface area contributed by atoms with Crippen LogP contribution in [0.15, 0.2) is 40.3 Å². The highest BCUT2D eigenvalue weighted by molar-refractivity contribution is 8.27. The quantitative estimate of drug-likeness (QED) is 0.366. The van der Waals surface area contributed by atoms with Crippen LogP contribution < -0.4 is 4.90 Å². The Bertz CT molecular complexity index is 542. The molecule has 1 aliphatic heterocycles. The van der Waals surface area contributed by atoms with Crippen LogP contribution in [0.4, 0.5) is 5.69 Å². The Hall–Kier alpha value is -0.980. The van der Waals surface area contributed by atoms with Gasteiger partial charge in [0.15, 0.2) is 4.32 Å². The Morgan fingerprint density at radius 3 is 3.00 bits per heavy atom. The molecule has 1 aliphatic rings. The molecule has 2 rings (SSSR count). The average Bonchev–Trinajstić information content (AvgIpc) is 2.71. The lowest BCUT2D eigenvalue weighted by Gasteiger charge is -2.15. The fraction of sp³-hybridized carbons (Fsp3) is 0.231. The Balaban J connectivity index is 2.29. The summed E-state index contributed by atoms with van der Waals surface area (Å²) in [4.78, 5) is 15.5. The first kappa shape index (κ1) is 14.4. The zero-order chi connectivity index (χ0) is 13.8. The van der Waals surface area contributed by atoms with Crippen molar-refractivity contribution in [2.24, 2.45) is 0 Å². The van der Waals surface area contributed by atoms with Crippen LogP contribution >= 0.6 is 35.7 Å². The van der Waals surface area contributed by atoms with Crippen LogP contribution in [-0.4, -0.2) is 23.1 Å². The molecule has 1 amide bonds. The molecule has 0 bridgehead atoms. The molecular weight excluding hydrogens is 298 g/mol. The number of hydrogen-bond acceptors (Lipinski definition) is 5. The average molecular weight is 311 g/mol. The van der Waals surface area contributed by atoms with Gasteiger partial charge in [0.2, 0.25) is 0 Å². The third kappa shape index (κ3) is 3.13. The van der Waals surface area contributed by atoms with Crippen LogP contribution in [0.2, 0.25) is 0 Å². The van der Waals surface area contributed by atoms with E-state index in [0.717, 1.165) is 10.6 Å². The van der Waals surface area contributed by atoms with Crippen molar-refractivity contribution in [1.29, 1.82) is 0 Å². The first-order chi connectivity index (χ1) is 9.17. The first-order valence-corrected chi connectivity index (χ1v) is 8.14. The highest BCUT2D eigenvalue weighted by Crippen LogP contribution is 2.35. The summed E-state index contributed by atoms with van der Waals surface area (Å²) in [6, 6.07) is 7.76. The normalized spacial score (nSPS) is 17.4. The van der Waals surface area contributed by atoms with Gasteiger partial charge in [-0.15, -0.1) is 11.8 Å². The number of thiocarbonyl (C=S) groups is 1. The fourth-order valence-corrected chi connectivity index (χ4v) is 3.26. The van der Waals surface area contributed by atoms with Crippen LogP contribution in [0.1, 0.15) is 6.92 Å². The molecule has 0 saturated carbocycles. The first-order valence-electron chi connectivity index (χ1n) is 5.69. The molecule has 3 nitrogen and oxygen atoms in total. The second-order valence-corrected chi connectivity index (χ2v) is 6.20. The minimum Gasteiger partial charge on any atom is -0.500 e. The summed E-state index contributed by atoms with van der Waals surface area (Å²) in [5, 5.41) is 0. The van der Waals surface area contributed by atoms with Crippen LogP contribution in [-0.2, 0) is 9.53 Å². The Kier molecular flexibility index (Phi) is 4.90. The molecule has 0 unspecified atom stereocenters. The number of thioether (sulfide) groups is 2. The number of ether oxygens (including phenoxy) is 1. The van der Waals surface area contributed by atoms with Crippen LogP contribution in [0.25, 0.3) is 0 Å². The molecule has 0 radical (unpaired) electrons. The van der Waals surface area contributed by atoms with E-state index >= 15 is 0 Å². The molecule has 6 heteroatoms. The van der Waals surface area contributed by atoms with Gasteiger partial charge in [-0.3, -0.25) is 9.69 Å². The monoisotopic (exact) mass is 311 g/mol. The van der Waals surface area contributed by atoms with Gasteiger partial charge in [-0.1, -0.05) is 30.0 Å². The molecule has 0 spiro atoms. The van der Waals surface area contributed by atoms with E-state index in [0.29, 0.717) is 15.8 Å². The number of rotatable bonds is 4. The number of carbonyl (C=O) groups excluding carboxylic acids is 1. The van der Waals surface area contributed by atoms with Gasteiger partial charge in [-0.25, -0.2) is 0 Å². The van der Waals surface area contributed by atoms with E-state index in [1.165, 1.54) is 18.0 Å². The fourth-order valence-electron chi connectivity index (χ4n) is 1.58. The number of anilines is 1. The van der Waals surface area contributed by atoms with E-state index in [-0.39, 0.29) is 5.91 Å².